The van der Waals surface area contributed by atoms with E-state index in [1.54, 1.807) is 0 Å². The molecular formula is C17H24N2S. The minimum absolute atomic E-state index is 0.376. The Hall–Kier alpha value is -0.900. The summed E-state index contributed by atoms with van der Waals surface area (Å²) in [6.45, 7) is 6.46. The van der Waals surface area contributed by atoms with Crippen LogP contribution in [0.4, 0.5) is 0 Å². The number of hydrogen-bond acceptors (Lipinski definition) is 3. The molecule has 1 fully saturated rings. The normalized spacial score (nSPS) is 17.2. The van der Waals surface area contributed by atoms with E-state index in [0.29, 0.717) is 18.5 Å². The summed E-state index contributed by atoms with van der Waals surface area (Å²) < 4.78 is 1.38. The summed E-state index contributed by atoms with van der Waals surface area (Å²) in [5, 5.41) is 3.71. The number of rotatable bonds is 6. The van der Waals surface area contributed by atoms with Gasteiger partial charge in [-0.15, -0.1) is 11.3 Å². The average molecular weight is 288 g/mol. The van der Waals surface area contributed by atoms with Gasteiger partial charge in [0.1, 0.15) is 0 Å². The summed E-state index contributed by atoms with van der Waals surface area (Å²) >= 11 is 1.84. The van der Waals surface area contributed by atoms with Crippen LogP contribution in [0.15, 0.2) is 29.6 Å². The van der Waals surface area contributed by atoms with E-state index in [0.717, 1.165) is 12.6 Å². The summed E-state index contributed by atoms with van der Waals surface area (Å²) in [6.07, 6.45) is 2.68. The second-order valence-electron chi connectivity index (χ2n) is 6.26. The molecule has 2 nitrogen and oxygen atoms in total. The molecule has 1 saturated carbocycles. The molecule has 0 amide bonds. The van der Waals surface area contributed by atoms with Crippen LogP contribution in [0.2, 0.25) is 0 Å². The molecule has 1 unspecified atom stereocenters. The lowest BCUT2D eigenvalue weighted by atomic mass is 10.0. The molecule has 0 radical (unpaired) electrons. The first-order chi connectivity index (χ1) is 9.70. The fraction of sp³-hybridized carbons (Fsp3) is 0.529. The summed E-state index contributed by atoms with van der Waals surface area (Å²) in [4.78, 5) is 2.65. The van der Waals surface area contributed by atoms with Gasteiger partial charge in [-0.1, -0.05) is 32.0 Å². The first-order valence-electron chi connectivity index (χ1n) is 7.62. The highest BCUT2D eigenvalue weighted by Gasteiger charge is 2.35. The van der Waals surface area contributed by atoms with Crippen molar-refractivity contribution in [2.45, 2.75) is 38.8 Å². The van der Waals surface area contributed by atoms with Crippen LogP contribution < -0.4 is 5.73 Å². The molecule has 108 valence electrons. The van der Waals surface area contributed by atoms with Gasteiger partial charge in [-0.05, 0) is 41.2 Å². The van der Waals surface area contributed by atoms with E-state index < -0.39 is 0 Å². The predicted molar refractivity (Wildman–Crippen MR) is 88.2 cm³/mol. The van der Waals surface area contributed by atoms with Crippen molar-refractivity contribution in [3.63, 3.8) is 0 Å². The summed E-state index contributed by atoms with van der Waals surface area (Å²) in [7, 11) is 0. The molecule has 1 heterocycles. The molecule has 0 bridgehead atoms. The zero-order valence-corrected chi connectivity index (χ0v) is 13.2. The van der Waals surface area contributed by atoms with Crippen molar-refractivity contribution >= 4 is 21.4 Å². The quantitative estimate of drug-likeness (QED) is 0.870. The van der Waals surface area contributed by atoms with Gasteiger partial charge < -0.3 is 5.73 Å². The highest BCUT2D eigenvalue weighted by Crippen LogP contribution is 2.38. The first-order valence-corrected chi connectivity index (χ1v) is 8.50. The molecule has 3 heteroatoms. The molecule has 2 aromatic rings. The van der Waals surface area contributed by atoms with Crippen molar-refractivity contribution in [1.82, 2.24) is 4.90 Å². The van der Waals surface area contributed by atoms with Gasteiger partial charge in [0.25, 0.3) is 0 Å². The Morgan fingerprint density at radius 2 is 2.05 bits per heavy atom. The van der Waals surface area contributed by atoms with Gasteiger partial charge >= 0.3 is 0 Å². The van der Waals surface area contributed by atoms with Crippen molar-refractivity contribution in [1.29, 1.82) is 0 Å². The topological polar surface area (TPSA) is 29.3 Å². The van der Waals surface area contributed by atoms with Gasteiger partial charge in [0.05, 0.1) is 0 Å². The fourth-order valence-corrected chi connectivity index (χ4v) is 4.06. The molecule has 0 aliphatic heterocycles. The van der Waals surface area contributed by atoms with Crippen molar-refractivity contribution in [3.05, 3.63) is 35.2 Å². The number of fused-ring (bicyclic) bond motifs is 1. The Bertz CT molecular complexity index is 571. The third-order valence-electron chi connectivity index (χ3n) is 4.09. The molecule has 1 aliphatic carbocycles. The highest BCUT2D eigenvalue weighted by molar-refractivity contribution is 7.17. The van der Waals surface area contributed by atoms with Crippen LogP contribution in [0, 0.1) is 5.92 Å². The molecule has 20 heavy (non-hydrogen) atoms. The fourth-order valence-electron chi connectivity index (χ4n) is 3.06. The minimum Gasteiger partial charge on any atom is -0.329 e. The largest absolute Gasteiger partial charge is 0.329 e. The Labute approximate surface area is 125 Å². The molecule has 1 atom stereocenters. The highest BCUT2D eigenvalue weighted by atomic mass is 32.1. The molecule has 1 aromatic carbocycles. The average Bonchev–Trinajstić information content (AvgIpc) is 3.20. The van der Waals surface area contributed by atoms with E-state index >= 15 is 0 Å². The lowest BCUT2D eigenvalue weighted by molar-refractivity contribution is 0.171. The maximum absolute atomic E-state index is 6.16. The van der Waals surface area contributed by atoms with Crippen LogP contribution in [0.25, 0.3) is 10.1 Å². The number of benzene rings is 1. The van der Waals surface area contributed by atoms with E-state index in [2.05, 4.69) is 48.4 Å². The Morgan fingerprint density at radius 3 is 2.70 bits per heavy atom. The zero-order chi connectivity index (χ0) is 14.1. The van der Waals surface area contributed by atoms with Crippen LogP contribution in [0.1, 0.15) is 38.3 Å². The zero-order valence-electron chi connectivity index (χ0n) is 12.4. The van der Waals surface area contributed by atoms with E-state index in [1.807, 2.05) is 11.3 Å². The van der Waals surface area contributed by atoms with Crippen LogP contribution >= 0.6 is 11.3 Å². The van der Waals surface area contributed by atoms with Gasteiger partial charge in [0.2, 0.25) is 0 Å². The molecule has 3 rings (SSSR count). The van der Waals surface area contributed by atoms with E-state index in [4.69, 9.17) is 5.73 Å². The smallest absolute Gasteiger partial charge is 0.0487 e. The van der Waals surface area contributed by atoms with Crippen LogP contribution in [-0.2, 0) is 0 Å². The van der Waals surface area contributed by atoms with Crippen molar-refractivity contribution in [3.8, 4) is 0 Å². The maximum Gasteiger partial charge on any atom is 0.0487 e. The van der Waals surface area contributed by atoms with Crippen LogP contribution in [0.3, 0.4) is 0 Å². The summed E-state index contributed by atoms with van der Waals surface area (Å²) in [6, 6.07) is 9.83. The van der Waals surface area contributed by atoms with Gasteiger partial charge in [-0.2, -0.15) is 0 Å². The number of nitrogens with two attached hydrogens (primary N) is 1. The third-order valence-corrected chi connectivity index (χ3v) is 5.07. The Morgan fingerprint density at radius 1 is 1.30 bits per heavy atom. The number of thiophene rings is 1. The molecular weight excluding hydrogens is 264 g/mol. The maximum atomic E-state index is 6.16. The number of nitrogens with zero attached hydrogens (tertiary/aromatic N) is 1. The van der Waals surface area contributed by atoms with Crippen molar-refractivity contribution in [2.24, 2.45) is 11.7 Å². The molecule has 0 saturated heterocycles. The Kier molecular flexibility index (Phi) is 4.11. The second kappa shape index (κ2) is 5.84. The second-order valence-corrected chi connectivity index (χ2v) is 7.17. The van der Waals surface area contributed by atoms with E-state index in [1.165, 1.54) is 28.5 Å². The third kappa shape index (κ3) is 2.76. The lowest BCUT2D eigenvalue weighted by Crippen LogP contribution is -2.37. The standard InChI is InChI=1S/C17H24N2S/c1-12(2)10-19(13-7-8-13)16(9-18)15-11-20-17-6-4-3-5-14(15)17/h3-6,11-13,16H,7-10,18H2,1-2H3. The van der Waals surface area contributed by atoms with Gasteiger partial charge in [-0.25, -0.2) is 0 Å². The Balaban J connectivity index is 1.95. The SMILES string of the molecule is CC(C)CN(C1CC1)C(CN)c1csc2ccccc12. The van der Waals surface area contributed by atoms with Crippen molar-refractivity contribution < 1.29 is 0 Å². The first kappa shape index (κ1) is 14.1. The molecule has 0 spiro atoms. The minimum atomic E-state index is 0.376. The molecule has 1 aromatic heterocycles. The summed E-state index contributed by atoms with van der Waals surface area (Å²) in [5.74, 6) is 0.689. The van der Waals surface area contributed by atoms with Gasteiger partial charge in [-0.3, -0.25) is 4.90 Å². The lowest BCUT2D eigenvalue weighted by Gasteiger charge is -2.32. The van der Waals surface area contributed by atoms with Crippen LogP contribution in [-0.4, -0.2) is 24.0 Å². The monoisotopic (exact) mass is 288 g/mol. The van der Waals surface area contributed by atoms with Gasteiger partial charge in [0.15, 0.2) is 0 Å². The molecule has 2 N–H and O–H groups in total. The van der Waals surface area contributed by atoms with E-state index in [9.17, 15) is 0 Å². The number of hydrogen-bond donors (Lipinski definition) is 1. The molecule has 1 aliphatic rings. The van der Waals surface area contributed by atoms with Gasteiger partial charge in [0, 0.05) is 29.9 Å². The van der Waals surface area contributed by atoms with E-state index in [-0.39, 0.29) is 0 Å². The summed E-state index contributed by atoms with van der Waals surface area (Å²) in [5.41, 5.74) is 7.59. The predicted octanol–water partition coefficient (Wildman–Crippen LogP) is 4.02. The van der Waals surface area contributed by atoms with Crippen LogP contribution in [0.5, 0.6) is 0 Å². The van der Waals surface area contributed by atoms with Crippen molar-refractivity contribution in [2.75, 3.05) is 13.1 Å².